The standard InChI is InChI=1S/C16H23N3O/c1-13-5-4-6-15(9-13)12-19-14(2)16(11-18-19)10-17-7-8-20-3/h4-6,9,11,17H,7-8,10,12H2,1-3H3. The van der Waals surface area contributed by atoms with E-state index in [9.17, 15) is 0 Å². The molecule has 0 unspecified atom stereocenters. The molecule has 1 heterocycles. The third-order valence-electron chi connectivity index (χ3n) is 3.42. The third kappa shape index (κ3) is 3.92. The van der Waals surface area contributed by atoms with Gasteiger partial charge < -0.3 is 10.1 Å². The summed E-state index contributed by atoms with van der Waals surface area (Å²) in [5.41, 5.74) is 5.04. The Bertz CT molecular complexity index is 548. The van der Waals surface area contributed by atoms with Gasteiger partial charge in [0.2, 0.25) is 0 Å². The molecule has 4 heteroatoms. The molecule has 108 valence electrons. The van der Waals surface area contributed by atoms with Crippen LogP contribution in [0.2, 0.25) is 0 Å². The van der Waals surface area contributed by atoms with Crippen molar-refractivity contribution >= 4 is 0 Å². The Morgan fingerprint density at radius 1 is 1.30 bits per heavy atom. The van der Waals surface area contributed by atoms with Gasteiger partial charge in [-0.2, -0.15) is 5.10 Å². The van der Waals surface area contributed by atoms with Crippen molar-refractivity contribution < 1.29 is 4.74 Å². The Morgan fingerprint density at radius 2 is 2.15 bits per heavy atom. The molecule has 0 bridgehead atoms. The van der Waals surface area contributed by atoms with Crippen LogP contribution in [-0.4, -0.2) is 30.0 Å². The van der Waals surface area contributed by atoms with Gasteiger partial charge in [0.05, 0.1) is 19.3 Å². The number of hydrogen-bond acceptors (Lipinski definition) is 3. The Morgan fingerprint density at radius 3 is 2.90 bits per heavy atom. The first-order valence-electron chi connectivity index (χ1n) is 6.97. The van der Waals surface area contributed by atoms with Crippen LogP contribution in [0.15, 0.2) is 30.5 Å². The van der Waals surface area contributed by atoms with Gasteiger partial charge in [0.15, 0.2) is 0 Å². The molecule has 0 aliphatic heterocycles. The van der Waals surface area contributed by atoms with Crippen molar-refractivity contribution in [3.63, 3.8) is 0 Å². The van der Waals surface area contributed by atoms with Gasteiger partial charge in [0.1, 0.15) is 0 Å². The van der Waals surface area contributed by atoms with Crippen LogP contribution in [0, 0.1) is 13.8 Å². The minimum atomic E-state index is 0.733. The zero-order chi connectivity index (χ0) is 14.4. The van der Waals surface area contributed by atoms with E-state index < -0.39 is 0 Å². The van der Waals surface area contributed by atoms with Crippen molar-refractivity contribution in [2.45, 2.75) is 26.9 Å². The van der Waals surface area contributed by atoms with E-state index in [4.69, 9.17) is 4.74 Å². The lowest BCUT2D eigenvalue weighted by Crippen LogP contribution is -2.18. The van der Waals surface area contributed by atoms with Crippen molar-refractivity contribution in [3.8, 4) is 0 Å². The molecule has 4 nitrogen and oxygen atoms in total. The van der Waals surface area contributed by atoms with E-state index in [1.807, 2.05) is 6.20 Å². The zero-order valence-electron chi connectivity index (χ0n) is 12.5. The van der Waals surface area contributed by atoms with E-state index in [2.05, 4.69) is 53.2 Å². The van der Waals surface area contributed by atoms with Crippen molar-refractivity contribution in [1.82, 2.24) is 15.1 Å². The van der Waals surface area contributed by atoms with Crippen LogP contribution >= 0.6 is 0 Å². The van der Waals surface area contributed by atoms with Gasteiger partial charge >= 0.3 is 0 Å². The first-order chi connectivity index (χ1) is 9.70. The number of hydrogen-bond donors (Lipinski definition) is 1. The predicted molar refractivity (Wildman–Crippen MR) is 80.8 cm³/mol. The Hall–Kier alpha value is -1.65. The minimum absolute atomic E-state index is 0.733. The highest BCUT2D eigenvalue weighted by Crippen LogP contribution is 2.11. The highest BCUT2D eigenvalue weighted by atomic mass is 16.5. The quantitative estimate of drug-likeness (QED) is 0.787. The van der Waals surface area contributed by atoms with Crippen LogP contribution in [0.1, 0.15) is 22.4 Å². The summed E-state index contributed by atoms with van der Waals surface area (Å²) in [5, 5.41) is 7.84. The van der Waals surface area contributed by atoms with E-state index in [-0.39, 0.29) is 0 Å². The summed E-state index contributed by atoms with van der Waals surface area (Å²) in [6, 6.07) is 8.56. The van der Waals surface area contributed by atoms with Crippen LogP contribution in [0.4, 0.5) is 0 Å². The van der Waals surface area contributed by atoms with Crippen molar-refractivity contribution in [3.05, 3.63) is 52.8 Å². The van der Waals surface area contributed by atoms with Crippen LogP contribution in [0.5, 0.6) is 0 Å². The first-order valence-corrected chi connectivity index (χ1v) is 6.97. The Balaban J connectivity index is 1.98. The molecule has 0 saturated heterocycles. The van der Waals surface area contributed by atoms with Crippen LogP contribution < -0.4 is 5.32 Å². The van der Waals surface area contributed by atoms with Gasteiger partial charge in [-0.3, -0.25) is 4.68 Å². The lowest BCUT2D eigenvalue weighted by atomic mass is 10.1. The molecule has 2 aromatic rings. The van der Waals surface area contributed by atoms with Gasteiger partial charge in [-0.05, 0) is 19.4 Å². The molecular weight excluding hydrogens is 250 g/mol. The van der Waals surface area contributed by atoms with E-state index in [0.29, 0.717) is 0 Å². The summed E-state index contributed by atoms with van der Waals surface area (Å²) in [6.07, 6.45) is 1.95. The molecule has 1 aromatic heterocycles. The van der Waals surface area contributed by atoms with Crippen LogP contribution in [0.3, 0.4) is 0 Å². The number of methoxy groups -OCH3 is 1. The van der Waals surface area contributed by atoms with Crippen LogP contribution in [-0.2, 0) is 17.8 Å². The smallest absolute Gasteiger partial charge is 0.0662 e. The summed E-state index contributed by atoms with van der Waals surface area (Å²) < 4.78 is 7.08. The summed E-state index contributed by atoms with van der Waals surface area (Å²) in [7, 11) is 1.72. The van der Waals surface area contributed by atoms with E-state index in [0.717, 1.165) is 26.2 Å². The number of aromatic nitrogens is 2. The average molecular weight is 273 g/mol. The molecule has 0 atom stereocenters. The highest BCUT2D eigenvalue weighted by molar-refractivity contribution is 5.24. The topological polar surface area (TPSA) is 39.1 Å². The fourth-order valence-electron chi connectivity index (χ4n) is 2.20. The maximum Gasteiger partial charge on any atom is 0.0662 e. The molecule has 20 heavy (non-hydrogen) atoms. The lowest BCUT2D eigenvalue weighted by molar-refractivity contribution is 0.199. The van der Waals surface area contributed by atoms with E-state index in [1.54, 1.807) is 7.11 Å². The fourth-order valence-corrected chi connectivity index (χ4v) is 2.20. The maximum absolute atomic E-state index is 5.02. The van der Waals surface area contributed by atoms with Gasteiger partial charge in [-0.1, -0.05) is 29.8 Å². The monoisotopic (exact) mass is 273 g/mol. The van der Waals surface area contributed by atoms with Gasteiger partial charge in [-0.15, -0.1) is 0 Å². The summed E-state index contributed by atoms with van der Waals surface area (Å²) >= 11 is 0. The second-order valence-corrected chi connectivity index (χ2v) is 5.07. The van der Waals surface area contributed by atoms with Crippen molar-refractivity contribution in [1.29, 1.82) is 0 Å². The van der Waals surface area contributed by atoms with E-state index in [1.165, 1.54) is 22.4 Å². The number of nitrogens with zero attached hydrogens (tertiary/aromatic N) is 2. The number of benzene rings is 1. The predicted octanol–water partition coefficient (Wildman–Crippen LogP) is 2.28. The fraction of sp³-hybridized carbons (Fsp3) is 0.438. The minimum Gasteiger partial charge on any atom is -0.383 e. The normalized spacial score (nSPS) is 10.9. The summed E-state index contributed by atoms with van der Waals surface area (Å²) in [5.74, 6) is 0. The van der Waals surface area contributed by atoms with E-state index >= 15 is 0 Å². The molecule has 0 spiro atoms. The summed E-state index contributed by atoms with van der Waals surface area (Å²) in [6.45, 7) is 7.49. The number of rotatable bonds is 7. The molecular formula is C16H23N3O. The van der Waals surface area contributed by atoms with Gasteiger partial charge in [0.25, 0.3) is 0 Å². The van der Waals surface area contributed by atoms with Crippen molar-refractivity contribution in [2.24, 2.45) is 0 Å². The average Bonchev–Trinajstić information content (AvgIpc) is 2.76. The summed E-state index contributed by atoms with van der Waals surface area (Å²) in [4.78, 5) is 0. The lowest BCUT2D eigenvalue weighted by Gasteiger charge is -2.07. The largest absolute Gasteiger partial charge is 0.383 e. The molecule has 0 fully saturated rings. The maximum atomic E-state index is 5.02. The SMILES string of the molecule is COCCNCc1cnn(Cc2cccc(C)c2)c1C. The molecule has 1 aromatic carbocycles. The zero-order valence-corrected chi connectivity index (χ0v) is 12.5. The Kier molecular flexibility index (Phi) is 5.32. The Labute approximate surface area is 120 Å². The van der Waals surface area contributed by atoms with Gasteiger partial charge in [0, 0.05) is 31.5 Å². The molecule has 0 radical (unpaired) electrons. The first kappa shape index (κ1) is 14.8. The molecule has 0 aliphatic carbocycles. The van der Waals surface area contributed by atoms with Crippen LogP contribution in [0.25, 0.3) is 0 Å². The highest BCUT2D eigenvalue weighted by Gasteiger charge is 2.06. The number of aryl methyl sites for hydroxylation is 1. The van der Waals surface area contributed by atoms with Gasteiger partial charge in [-0.25, -0.2) is 0 Å². The second-order valence-electron chi connectivity index (χ2n) is 5.07. The third-order valence-corrected chi connectivity index (χ3v) is 3.42. The molecule has 1 N–H and O–H groups in total. The molecule has 0 aliphatic rings. The molecule has 0 saturated carbocycles. The second kappa shape index (κ2) is 7.22. The number of ether oxygens (including phenoxy) is 1. The molecule has 2 rings (SSSR count). The molecule has 0 amide bonds. The number of nitrogens with one attached hydrogen (secondary N) is 1. The van der Waals surface area contributed by atoms with Crippen molar-refractivity contribution in [2.75, 3.05) is 20.3 Å².